The van der Waals surface area contributed by atoms with E-state index in [0.29, 0.717) is 5.56 Å². The first-order chi connectivity index (χ1) is 7.79. The second-order valence-electron chi connectivity index (χ2n) is 3.24. The van der Waals surface area contributed by atoms with Crippen LogP contribution < -0.4 is 0 Å². The van der Waals surface area contributed by atoms with Crippen LogP contribution in [0.5, 0.6) is 0 Å². The van der Waals surface area contributed by atoms with Crippen molar-refractivity contribution < 1.29 is 0 Å². The number of nitriles is 1. The van der Waals surface area contributed by atoms with E-state index >= 15 is 0 Å². The van der Waals surface area contributed by atoms with Crippen molar-refractivity contribution in [2.24, 2.45) is 0 Å². The summed E-state index contributed by atoms with van der Waals surface area (Å²) in [7, 11) is 0. The maximum Gasteiger partial charge on any atom is 0.116 e. The summed E-state index contributed by atoms with van der Waals surface area (Å²) in [4.78, 5) is 9.08. The van der Waals surface area contributed by atoms with Crippen molar-refractivity contribution >= 4 is 11.8 Å². The molecule has 2 aromatic rings. The molecule has 0 saturated carbocycles. The lowest BCUT2D eigenvalue weighted by molar-refractivity contribution is 1.05. The smallest absolute Gasteiger partial charge is 0.116 e. The molecule has 0 spiro atoms. The zero-order valence-corrected chi connectivity index (χ0v) is 9.53. The number of aryl methyl sites for hydroxylation is 1. The van der Waals surface area contributed by atoms with Gasteiger partial charge in [-0.3, -0.25) is 0 Å². The van der Waals surface area contributed by atoms with Crippen LogP contribution in [-0.2, 0) is 0 Å². The summed E-state index contributed by atoms with van der Waals surface area (Å²) in [5.74, 6) is 0. The predicted molar refractivity (Wildman–Crippen MR) is 62.0 cm³/mol. The molecule has 0 N–H and O–H groups in total. The number of hydrogen-bond donors (Lipinski definition) is 0. The lowest BCUT2D eigenvalue weighted by Crippen LogP contribution is -1.84. The van der Waals surface area contributed by atoms with Gasteiger partial charge < -0.3 is 0 Å². The molecule has 0 atom stereocenters. The highest BCUT2D eigenvalue weighted by atomic mass is 32.2. The maximum atomic E-state index is 8.82. The Hall–Kier alpha value is -1.86. The fourth-order valence-corrected chi connectivity index (χ4v) is 2.13. The Kier molecular flexibility index (Phi) is 3.18. The summed E-state index contributed by atoms with van der Waals surface area (Å²) in [5, 5.41) is 9.72. The van der Waals surface area contributed by atoms with Crippen molar-refractivity contribution in [3.8, 4) is 6.07 Å². The second-order valence-corrected chi connectivity index (χ2v) is 4.33. The Bertz CT molecular complexity index is 532. The minimum absolute atomic E-state index is 0.715. The van der Waals surface area contributed by atoms with Gasteiger partial charge in [0.05, 0.1) is 11.6 Å². The summed E-state index contributed by atoms with van der Waals surface area (Å²) in [6.45, 7) is 1.93. The van der Waals surface area contributed by atoms with Crippen LogP contribution in [0.1, 0.15) is 11.1 Å². The molecule has 0 unspecified atom stereocenters. The normalized spacial score (nSPS) is 9.75. The van der Waals surface area contributed by atoms with Crippen molar-refractivity contribution in [3.63, 3.8) is 0 Å². The molecule has 3 nitrogen and oxygen atoms in total. The Morgan fingerprint density at radius 1 is 1.31 bits per heavy atom. The van der Waals surface area contributed by atoms with Crippen LogP contribution in [0.2, 0.25) is 0 Å². The summed E-state index contributed by atoms with van der Waals surface area (Å²) < 4.78 is 0. The quantitative estimate of drug-likeness (QED) is 0.740. The van der Waals surface area contributed by atoms with Gasteiger partial charge in [0.25, 0.3) is 0 Å². The molecule has 0 aliphatic heterocycles. The highest BCUT2D eigenvalue weighted by Gasteiger charge is 2.01. The fraction of sp³-hybridized carbons (Fsp3) is 0.0833. The molecule has 1 heterocycles. The van der Waals surface area contributed by atoms with Gasteiger partial charge in [0.2, 0.25) is 0 Å². The molecule has 0 aliphatic rings. The lowest BCUT2D eigenvalue weighted by Gasteiger charge is -2.02. The Labute approximate surface area is 98.2 Å². The van der Waals surface area contributed by atoms with Crippen LogP contribution in [-0.4, -0.2) is 9.97 Å². The molecule has 1 aromatic carbocycles. The van der Waals surface area contributed by atoms with E-state index in [0.717, 1.165) is 15.5 Å². The van der Waals surface area contributed by atoms with Gasteiger partial charge in [-0.1, -0.05) is 11.8 Å². The van der Waals surface area contributed by atoms with E-state index in [1.807, 2.05) is 31.2 Å². The number of benzene rings is 1. The monoisotopic (exact) mass is 227 g/mol. The third-order valence-electron chi connectivity index (χ3n) is 2.10. The van der Waals surface area contributed by atoms with Gasteiger partial charge in [0.15, 0.2) is 0 Å². The lowest BCUT2D eigenvalue weighted by atomic mass is 10.1. The van der Waals surface area contributed by atoms with Crippen LogP contribution in [0.3, 0.4) is 0 Å². The molecular weight excluding hydrogens is 218 g/mol. The molecule has 0 bridgehead atoms. The average molecular weight is 227 g/mol. The van der Waals surface area contributed by atoms with Crippen molar-refractivity contribution in [1.82, 2.24) is 9.97 Å². The van der Waals surface area contributed by atoms with E-state index < -0.39 is 0 Å². The SMILES string of the molecule is Cc1cc(Sc2ccncn2)ccc1C#N. The maximum absolute atomic E-state index is 8.82. The largest absolute Gasteiger partial charge is 0.245 e. The highest BCUT2D eigenvalue weighted by molar-refractivity contribution is 7.99. The van der Waals surface area contributed by atoms with E-state index in [4.69, 9.17) is 5.26 Å². The molecule has 0 saturated heterocycles. The zero-order valence-electron chi connectivity index (χ0n) is 8.71. The zero-order chi connectivity index (χ0) is 11.4. The molecule has 1 aromatic heterocycles. The van der Waals surface area contributed by atoms with Gasteiger partial charge in [-0.05, 0) is 36.8 Å². The molecule has 0 aliphatic carbocycles. The second kappa shape index (κ2) is 4.77. The third-order valence-corrected chi connectivity index (χ3v) is 3.04. The van der Waals surface area contributed by atoms with Crippen LogP contribution in [0.25, 0.3) is 0 Å². The van der Waals surface area contributed by atoms with Gasteiger partial charge in [-0.2, -0.15) is 5.26 Å². The summed E-state index contributed by atoms with van der Waals surface area (Å²) in [6.07, 6.45) is 3.24. The van der Waals surface area contributed by atoms with E-state index in [9.17, 15) is 0 Å². The van der Waals surface area contributed by atoms with E-state index in [2.05, 4.69) is 16.0 Å². The van der Waals surface area contributed by atoms with E-state index in [-0.39, 0.29) is 0 Å². The van der Waals surface area contributed by atoms with Gasteiger partial charge >= 0.3 is 0 Å². The van der Waals surface area contributed by atoms with E-state index in [1.54, 1.807) is 18.0 Å². The molecule has 78 valence electrons. The van der Waals surface area contributed by atoms with Crippen LogP contribution in [0.4, 0.5) is 0 Å². The summed E-state index contributed by atoms with van der Waals surface area (Å²) in [6, 6.07) is 9.76. The minimum atomic E-state index is 0.715. The summed E-state index contributed by atoms with van der Waals surface area (Å²) in [5.41, 5.74) is 1.70. The first-order valence-electron chi connectivity index (χ1n) is 4.74. The Morgan fingerprint density at radius 3 is 2.81 bits per heavy atom. The van der Waals surface area contributed by atoms with Crippen molar-refractivity contribution in [2.45, 2.75) is 16.8 Å². The van der Waals surface area contributed by atoms with Crippen molar-refractivity contribution in [3.05, 3.63) is 47.9 Å². The Morgan fingerprint density at radius 2 is 2.19 bits per heavy atom. The summed E-state index contributed by atoms with van der Waals surface area (Å²) >= 11 is 1.56. The molecule has 0 amide bonds. The molecule has 0 radical (unpaired) electrons. The molecule has 4 heteroatoms. The van der Waals surface area contributed by atoms with Gasteiger partial charge in [-0.25, -0.2) is 9.97 Å². The van der Waals surface area contributed by atoms with Gasteiger partial charge in [0.1, 0.15) is 11.4 Å². The average Bonchev–Trinajstić information content (AvgIpc) is 2.31. The number of nitrogens with zero attached hydrogens (tertiary/aromatic N) is 3. The van der Waals surface area contributed by atoms with Gasteiger partial charge in [0, 0.05) is 11.1 Å². The van der Waals surface area contributed by atoms with Crippen molar-refractivity contribution in [1.29, 1.82) is 5.26 Å². The molecular formula is C12H9N3S. The molecule has 0 fully saturated rings. The van der Waals surface area contributed by atoms with Crippen LogP contribution >= 0.6 is 11.8 Å². The standard InChI is InChI=1S/C12H9N3S/c1-9-6-11(3-2-10(9)7-13)16-12-4-5-14-8-15-12/h2-6,8H,1H3. The third kappa shape index (κ3) is 2.38. The predicted octanol–water partition coefficient (Wildman–Crippen LogP) is 2.81. The molecule has 2 rings (SSSR count). The molecule has 16 heavy (non-hydrogen) atoms. The Balaban J connectivity index is 2.24. The number of hydrogen-bond acceptors (Lipinski definition) is 4. The number of aromatic nitrogens is 2. The minimum Gasteiger partial charge on any atom is -0.245 e. The first-order valence-corrected chi connectivity index (χ1v) is 5.56. The topological polar surface area (TPSA) is 49.6 Å². The van der Waals surface area contributed by atoms with Crippen molar-refractivity contribution in [2.75, 3.05) is 0 Å². The highest BCUT2D eigenvalue weighted by Crippen LogP contribution is 2.26. The fourth-order valence-electron chi connectivity index (χ4n) is 1.28. The van der Waals surface area contributed by atoms with Crippen LogP contribution in [0.15, 0.2) is 46.7 Å². The first kappa shape index (κ1) is 10.7. The van der Waals surface area contributed by atoms with E-state index in [1.165, 1.54) is 6.33 Å². The van der Waals surface area contributed by atoms with Crippen LogP contribution in [0, 0.1) is 18.3 Å². The van der Waals surface area contributed by atoms with Gasteiger partial charge in [-0.15, -0.1) is 0 Å². The number of rotatable bonds is 2.